The van der Waals surface area contributed by atoms with Gasteiger partial charge >= 0.3 is 6.03 Å². The third kappa shape index (κ3) is 3.69. The summed E-state index contributed by atoms with van der Waals surface area (Å²) in [5, 5.41) is 2.23. The van der Waals surface area contributed by atoms with Crippen LogP contribution in [0.15, 0.2) is 42.5 Å². The maximum Gasteiger partial charge on any atom is 0.327 e. The van der Waals surface area contributed by atoms with Gasteiger partial charge in [0.05, 0.1) is 0 Å². The molecule has 6 heteroatoms. The monoisotopic (exact) mass is 381 g/mol. The van der Waals surface area contributed by atoms with Crippen molar-refractivity contribution in [2.75, 3.05) is 19.7 Å². The molecule has 0 radical (unpaired) electrons. The van der Waals surface area contributed by atoms with Crippen molar-refractivity contribution in [3.05, 3.63) is 42.5 Å². The number of unbranched alkanes of at least 4 members (excludes halogenated alkanes) is 1. The lowest BCUT2D eigenvalue weighted by Crippen LogP contribution is -2.34. The number of nitrogens with two attached hydrogens (primary N) is 1. The minimum atomic E-state index is -0.205. The van der Waals surface area contributed by atoms with Gasteiger partial charge < -0.3 is 15.4 Å². The van der Waals surface area contributed by atoms with Crippen LogP contribution in [0.5, 0.6) is 5.75 Å². The van der Waals surface area contributed by atoms with Crippen molar-refractivity contribution in [1.29, 1.82) is 0 Å². The molecule has 0 aromatic heterocycles. The molecule has 2 heterocycles. The fourth-order valence-electron chi connectivity index (χ4n) is 4.17. The fraction of sp³-hybridized carbons (Fsp3) is 0.455. The summed E-state index contributed by atoms with van der Waals surface area (Å²) in [6, 6.07) is 13.7. The summed E-state index contributed by atoms with van der Waals surface area (Å²) >= 11 is 0. The van der Waals surface area contributed by atoms with Gasteiger partial charge in [-0.15, -0.1) is 0 Å². The maximum atomic E-state index is 12.3. The van der Waals surface area contributed by atoms with E-state index in [2.05, 4.69) is 12.1 Å². The molecule has 148 valence electrons. The SMILES string of the molecule is NC(CCCCN1C(=O)C2CCCN2C1=O)COc1cccc2ccccc12. The Hall–Kier alpha value is -2.60. The summed E-state index contributed by atoms with van der Waals surface area (Å²) in [7, 11) is 0. The first-order valence-corrected chi connectivity index (χ1v) is 10.1. The van der Waals surface area contributed by atoms with E-state index >= 15 is 0 Å². The number of nitrogens with zero attached hydrogens (tertiary/aromatic N) is 2. The highest BCUT2D eigenvalue weighted by Crippen LogP contribution is 2.28. The Kier molecular flexibility index (Phi) is 5.48. The van der Waals surface area contributed by atoms with Crippen molar-refractivity contribution in [2.24, 2.45) is 5.73 Å². The standard InChI is InChI=1S/C22H27N3O3/c23-17(15-28-20-12-5-8-16-7-1-2-10-18(16)20)9-3-4-13-25-21(26)19-11-6-14-24(19)22(25)27/h1-2,5,7-8,10,12,17,19H,3-4,6,9,11,13-15,23H2. The van der Waals surface area contributed by atoms with Crippen LogP contribution in [-0.4, -0.2) is 53.5 Å². The minimum Gasteiger partial charge on any atom is -0.491 e. The van der Waals surface area contributed by atoms with Crippen LogP contribution < -0.4 is 10.5 Å². The lowest BCUT2D eigenvalue weighted by molar-refractivity contribution is -0.128. The summed E-state index contributed by atoms with van der Waals surface area (Å²) in [5.41, 5.74) is 6.21. The molecule has 2 aliphatic heterocycles. The average molecular weight is 381 g/mol. The largest absolute Gasteiger partial charge is 0.491 e. The number of carbonyl (C=O) groups is 2. The number of hydrogen-bond donors (Lipinski definition) is 1. The first kappa shape index (κ1) is 18.7. The van der Waals surface area contributed by atoms with E-state index in [1.54, 1.807) is 4.90 Å². The quantitative estimate of drug-likeness (QED) is 0.563. The van der Waals surface area contributed by atoms with Gasteiger partial charge in [0.15, 0.2) is 0 Å². The van der Waals surface area contributed by atoms with E-state index in [9.17, 15) is 9.59 Å². The molecular weight excluding hydrogens is 354 g/mol. The van der Waals surface area contributed by atoms with Crippen LogP contribution >= 0.6 is 0 Å². The first-order chi connectivity index (χ1) is 13.6. The molecule has 0 spiro atoms. The number of hydrogen-bond acceptors (Lipinski definition) is 4. The Balaban J connectivity index is 1.20. The van der Waals surface area contributed by atoms with Gasteiger partial charge in [0.25, 0.3) is 5.91 Å². The van der Waals surface area contributed by atoms with Crippen molar-refractivity contribution in [3.63, 3.8) is 0 Å². The van der Waals surface area contributed by atoms with Crippen LogP contribution in [0.25, 0.3) is 10.8 Å². The van der Waals surface area contributed by atoms with Gasteiger partial charge in [0, 0.05) is 24.5 Å². The lowest BCUT2D eigenvalue weighted by Gasteiger charge is -2.17. The second-order valence-electron chi connectivity index (χ2n) is 7.67. The molecular formula is C22H27N3O3. The van der Waals surface area contributed by atoms with Gasteiger partial charge in [-0.3, -0.25) is 9.69 Å². The highest BCUT2D eigenvalue weighted by Gasteiger charge is 2.46. The first-order valence-electron chi connectivity index (χ1n) is 10.1. The van der Waals surface area contributed by atoms with Crippen molar-refractivity contribution in [2.45, 2.75) is 44.2 Å². The summed E-state index contributed by atoms with van der Waals surface area (Å²) in [5.74, 6) is 0.827. The van der Waals surface area contributed by atoms with Crippen molar-refractivity contribution >= 4 is 22.7 Å². The van der Waals surface area contributed by atoms with Crippen LogP contribution in [-0.2, 0) is 4.79 Å². The van der Waals surface area contributed by atoms with Crippen LogP contribution in [0.3, 0.4) is 0 Å². The van der Waals surface area contributed by atoms with E-state index in [0.29, 0.717) is 19.7 Å². The molecule has 0 aliphatic carbocycles. The number of imide groups is 1. The number of fused-ring (bicyclic) bond motifs is 2. The van der Waals surface area contributed by atoms with E-state index in [4.69, 9.17) is 10.5 Å². The molecule has 2 fully saturated rings. The average Bonchev–Trinajstić information content (AvgIpc) is 3.28. The van der Waals surface area contributed by atoms with Gasteiger partial charge in [-0.1, -0.05) is 42.8 Å². The number of benzene rings is 2. The predicted molar refractivity (Wildman–Crippen MR) is 108 cm³/mol. The molecule has 2 N–H and O–H groups in total. The number of carbonyl (C=O) groups excluding carboxylic acids is 2. The van der Waals surface area contributed by atoms with Gasteiger partial charge in [0.1, 0.15) is 18.4 Å². The predicted octanol–water partition coefficient (Wildman–Crippen LogP) is 3.14. The topological polar surface area (TPSA) is 75.9 Å². The smallest absolute Gasteiger partial charge is 0.327 e. The van der Waals surface area contributed by atoms with Crippen molar-refractivity contribution in [3.8, 4) is 5.75 Å². The van der Waals surface area contributed by atoms with Crippen molar-refractivity contribution < 1.29 is 14.3 Å². The molecule has 0 bridgehead atoms. The Morgan fingerprint density at radius 2 is 1.93 bits per heavy atom. The van der Waals surface area contributed by atoms with E-state index in [0.717, 1.165) is 48.6 Å². The molecule has 3 amide bonds. The molecule has 0 saturated carbocycles. The van der Waals surface area contributed by atoms with Gasteiger partial charge in [-0.05, 0) is 37.1 Å². The zero-order chi connectivity index (χ0) is 19.5. The van der Waals surface area contributed by atoms with E-state index in [-0.39, 0.29) is 24.0 Å². The Labute approximate surface area is 165 Å². The van der Waals surface area contributed by atoms with Gasteiger partial charge in [-0.25, -0.2) is 4.79 Å². The Bertz CT molecular complexity index is 842. The molecule has 2 saturated heterocycles. The summed E-state index contributed by atoms with van der Waals surface area (Å²) in [4.78, 5) is 27.7. The Morgan fingerprint density at radius 1 is 1.11 bits per heavy atom. The van der Waals surface area contributed by atoms with Crippen molar-refractivity contribution in [1.82, 2.24) is 9.80 Å². The van der Waals surface area contributed by atoms with Crippen LogP contribution in [0.1, 0.15) is 32.1 Å². The van der Waals surface area contributed by atoms with Crippen LogP contribution in [0, 0.1) is 0 Å². The zero-order valence-electron chi connectivity index (χ0n) is 16.0. The molecule has 4 rings (SSSR count). The van der Waals surface area contributed by atoms with Gasteiger partial charge in [-0.2, -0.15) is 0 Å². The fourth-order valence-corrected chi connectivity index (χ4v) is 4.17. The second kappa shape index (κ2) is 8.19. The minimum absolute atomic E-state index is 0.0221. The van der Waals surface area contributed by atoms with E-state index in [1.165, 1.54) is 4.90 Å². The number of rotatable bonds is 8. The van der Waals surface area contributed by atoms with E-state index < -0.39 is 0 Å². The van der Waals surface area contributed by atoms with Crippen LogP contribution in [0.4, 0.5) is 4.79 Å². The normalized spacial score (nSPS) is 20.1. The Morgan fingerprint density at radius 3 is 2.79 bits per heavy atom. The number of ether oxygens (including phenoxy) is 1. The molecule has 2 aromatic carbocycles. The van der Waals surface area contributed by atoms with Gasteiger partial charge in [0.2, 0.25) is 0 Å². The number of amides is 3. The highest BCUT2D eigenvalue weighted by atomic mass is 16.5. The zero-order valence-corrected chi connectivity index (χ0v) is 16.0. The summed E-state index contributed by atoms with van der Waals surface area (Å²) in [6.45, 7) is 1.65. The third-order valence-corrected chi connectivity index (χ3v) is 5.69. The summed E-state index contributed by atoms with van der Waals surface area (Å²) in [6.07, 6.45) is 4.18. The molecule has 6 nitrogen and oxygen atoms in total. The molecule has 28 heavy (non-hydrogen) atoms. The molecule has 2 aromatic rings. The van der Waals surface area contributed by atoms with E-state index in [1.807, 2.05) is 30.3 Å². The number of urea groups is 1. The lowest BCUT2D eigenvalue weighted by atomic mass is 10.1. The van der Waals surface area contributed by atoms with Crippen LogP contribution in [0.2, 0.25) is 0 Å². The molecule has 2 aliphatic rings. The summed E-state index contributed by atoms with van der Waals surface area (Å²) < 4.78 is 5.95. The maximum absolute atomic E-state index is 12.3. The molecule has 2 unspecified atom stereocenters. The second-order valence-corrected chi connectivity index (χ2v) is 7.67. The molecule has 2 atom stereocenters. The third-order valence-electron chi connectivity index (χ3n) is 5.69. The highest BCUT2D eigenvalue weighted by molar-refractivity contribution is 6.04.